The summed E-state index contributed by atoms with van der Waals surface area (Å²) in [5.41, 5.74) is 0.556. The van der Waals surface area contributed by atoms with Crippen molar-refractivity contribution in [3.63, 3.8) is 0 Å². The Morgan fingerprint density at radius 3 is 2.62 bits per heavy atom. The molecule has 0 spiro atoms. The van der Waals surface area contributed by atoms with Crippen molar-refractivity contribution in [3.8, 4) is 0 Å². The topological polar surface area (TPSA) is 76.4 Å². The molecule has 1 fully saturated rings. The van der Waals surface area contributed by atoms with Crippen molar-refractivity contribution in [1.82, 2.24) is 10.5 Å². The number of aryl methyl sites for hydroxylation is 1. The van der Waals surface area contributed by atoms with Gasteiger partial charge in [0, 0.05) is 24.8 Å². The van der Waals surface area contributed by atoms with Gasteiger partial charge in [0.1, 0.15) is 11.6 Å². The van der Waals surface area contributed by atoms with E-state index in [1.807, 2.05) is 0 Å². The molecule has 1 saturated heterocycles. The van der Waals surface area contributed by atoms with Crippen LogP contribution in [0.1, 0.15) is 24.2 Å². The predicted molar refractivity (Wildman–Crippen MR) is 86.0 cm³/mol. The summed E-state index contributed by atoms with van der Waals surface area (Å²) in [5, 5.41) is 9.75. The average Bonchev–Trinajstić information content (AvgIpc) is 2.99. The van der Waals surface area contributed by atoms with Crippen molar-refractivity contribution in [3.05, 3.63) is 47.5 Å². The van der Waals surface area contributed by atoms with Crippen LogP contribution in [0.15, 0.2) is 34.9 Å². The van der Waals surface area contributed by atoms with Gasteiger partial charge in [-0.1, -0.05) is 17.3 Å². The van der Waals surface area contributed by atoms with Gasteiger partial charge in [-0.3, -0.25) is 10.1 Å². The summed E-state index contributed by atoms with van der Waals surface area (Å²) in [6, 6.07) is 8.04. The maximum absolute atomic E-state index is 13.2. The molecule has 128 valence electrons. The van der Waals surface area contributed by atoms with E-state index in [0.717, 1.165) is 18.4 Å². The van der Waals surface area contributed by atoms with Gasteiger partial charge in [-0.25, -0.2) is 4.39 Å². The van der Waals surface area contributed by atoms with Gasteiger partial charge < -0.3 is 14.6 Å². The zero-order chi connectivity index (χ0) is 17.0. The third-order valence-electron chi connectivity index (χ3n) is 4.23. The SMILES string of the molecule is Cc1cc(NC(=O)CNC2(c3ccc(F)cc3)CCOCC2)no1. The van der Waals surface area contributed by atoms with E-state index in [9.17, 15) is 9.18 Å². The third kappa shape index (κ3) is 3.80. The number of rotatable bonds is 5. The van der Waals surface area contributed by atoms with Crippen molar-refractivity contribution in [2.45, 2.75) is 25.3 Å². The fraction of sp³-hybridized carbons (Fsp3) is 0.412. The number of ether oxygens (including phenoxy) is 1. The lowest BCUT2D eigenvalue weighted by molar-refractivity contribution is -0.116. The maximum atomic E-state index is 13.2. The van der Waals surface area contributed by atoms with E-state index in [4.69, 9.17) is 9.26 Å². The number of hydrogen-bond donors (Lipinski definition) is 2. The Morgan fingerprint density at radius 2 is 2.00 bits per heavy atom. The van der Waals surface area contributed by atoms with Crippen LogP contribution in [-0.2, 0) is 15.1 Å². The Balaban J connectivity index is 1.68. The number of amides is 1. The number of carbonyl (C=O) groups is 1. The molecule has 3 rings (SSSR count). The molecular weight excluding hydrogens is 313 g/mol. The van der Waals surface area contributed by atoms with E-state index in [2.05, 4.69) is 15.8 Å². The number of hydrogen-bond acceptors (Lipinski definition) is 5. The molecule has 0 radical (unpaired) electrons. The molecule has 2 heterocycles. The summed E-state index contributed by atoms with van der Waals surface area (Å²) < 4.78 is 23.6. The minimum atomic E-state index is -0.400. The lowest BCUT2D eigenvalue weighted by atomic mass is 9.82. The van der Waals surface area contributed by atoms with Gasteiger partial charge in [-0.2, -0.15) is 0 Å². The zero-order valence-electron chi connectivity index (χ0n) is 13.5. The Labute approximate surface area is 139 Å². The summed E-state index contributed by atoms with van der Waals surface area (Å²) in [7, 11) is 0. The zero-order valence-corrected chi connectivity index (χ0v) is 13.5. The first-order valence-corrected chi connectivity index (χ1v) is 7.89. The molecule has 0 saturated carbocycles. The normalized spacial score (nSPS) is 16.8. The smallest absolute Gasteiger partial charge is 0.239 e. The third-order valence-corrected chi connectivity index (χ3v) is 4.23. The van der Waals surface area contributed by atoms with E-state index in [1.165, 1.54) is 12.1 Å². The van der Waals surface area contributed by atoms with Gasteiger partial charge in [-0.15, -0.1) is 0 Å². The van der Waals surface area contributed by atoms with Crippen LogP contribution in [0, 0.1) is 12.7 Å². The van der Waals surface area contributed by atoms with E-state index >= 15 is 0 Å². The number of halogens is 1. The largest absolute Gasteiger partial charge is 0.381 e. The average molecular weight is 333 g/mol. The molecule has 1 amide bonds. The number of nitrogens with one attached hydrogen (secondary N) is 2. The van der Waals surface area contributed by atoms with Gasteiger partial charge in [0.05, 0.1) is 6.54 Å². The van der Waals surface area contributed by atoms with Crippen LogP contribution in [-0.4, -0.2) is 30.8 Å². The standard InChI is InChI=1S/C17H20FN3O3/c1-12-10-15(21-24-12)20-16(22)11-19-17(6-8-23-9-7-17)13-2-4-14(18)5-3-13/h2-5,10,19H,6-9,11H2,1H3,(H,20,21,22). The summed E-state index contributed by atoms with van der Waals surface area (Å²) in [5.74, 6) is 0.531. The second-order valence-corrected chi connectivity index (χ2v) is 5.93. The minimum Gasteiger partial charge on any atom is -0.381 e. The molecule has 1 aromatic carbocycles. The highest BCUT2D eigenvalue weighted by atomic mass is 19.1. The molecule has 2 aromatic rings. The van der Waals surface area contributed by atoms with Crippen molar-refractivity contribution in [1.29, 1.82) is 0 Å². The molecule has 6 nitrogen and oxygen atoms in total. The summed E-state index contributed by atoms with van der Waals surface area (Å²) in [6.45, 7) is 3.05. The Morgan fingerprint density at radius 1 is 1.29 bits per heavy atom. The lowest BCUT2D eigenvalue weighted by Gasteiger charge is -2.38. The van der Waals surface area contributed by atoms with E-state index < -0.39 is 5.54 Å². The van der Waals surface area contributed by atoms with Gasteiger partial charge >= 0.3 is 0 Å². The minimum absolute atomic E-state index is 0.114. The molecule has 0 unspecified atom stereocenters. The summed E-state index contributed by atoms with van der Waals surface area (Å²) in [4.78, 5) is 12.1. The van der Waals surface area contributed by atoms with Crippen LogP contribution in [0.25, 0.3) is 0 Å². The van der Waals surface area contributed by atoms with Crippen molar-refractivity contribution in [2.24, 2.45) is 0 Å². The Kier molecular flexibility index (Phi) is 4.92. The van der Waals surface area contributed by atoms with Gasteiger partial charge in [0.25, 0.3) is 0 Å². The second-order valence-electron chi connectivity index (χ2n) is 5.93. The van der Waals surface area contributed by atoms with E-state index in [0.29, 0.717) is 24.8 Å². The van der Waals surface area contributed by atoms with E-state index in [-0.39, 0.29) is 18.3 Å². The molecule has 0 atom stereocenters. The molecule has 7 heteroatoms. The van der Waals surface area contributed by atoms with Crippen LogP contribution in [0.3, 0.4) is 0 Å². The number of benzene rings is 1. The van der Waals surface area contributed by atoms with Crippen molar-refractivity contribution >= 4 is 11.7 Å². The first-order valence-electron chi connectivity index (χ1n) is 7.89. The van der Waals surface area contributed by atoms with Crippen molar-refractivity contribution < 1.29 is 18.4 Å². The number of anilines is 1. The maximum Gasteiger partial charge on any atom is 0.239 e. The van der Waals surface area contributed by atoms with Gasteiger partial charge in [0.2, 0.25) is 5.91 Å². The first-order chi connectivity index (χ1) is 11.6. The molecule has 0 bridgehead atoms. The summed E-state index contributed by atoms with van der Waals surface area (Å²) >= 11 is 0. The molecule has 1 aliphatic rings. The Bertz CT molecular complexity index is 693. The summed E-state index contributed by atoms with van der Waals surface area (Å²) in [6.07, 6.45) is 1.43. The lowest BCUT2D eigenvalue weighted by Crippen LogP contribution is -2.49. The number of aromatic nitrogens is 1. The highest BCUT2D eigenvalue weighted by Gasteiger charge is 2.34. The van der Waals surface area contributed by atoms with Gasteiger partial charge in [0.15, 0.2) is 5.82 Å². The van der Waals surface area contributed by atoms with Crippen LogP contribution in [0.5, 0.6) is 0 Å². The molecule has 2 N–H and O–H groups in total. The highest BCUT2D eigenvalue weighted by molar-refractivity contribution is 5.91. The fourth-order valence-corrected chi connectivity index (χ4v) is 2.92. The Hall–Kier alpha value is -2.25. The quantitative estimate of drug-likeness (QED) is 0.878. The molecule has 0 aliphatic carbocycles. The molecule has 24 heavy (non-hydrogen) atoms. The first kappa shape index (κ1) is 16.6. The van der Waals surface area contributed by atoms with Crippen LogP contribution in [0.4, 0.5) is 10.2 Å². The molecule has 1 aliphatic heterocycles. The van der Waals surface area contributed by atoms with Crippen LogP contribution in [0.2, 0.25) is 0 Å². The van der Waals surface area contributed by atoms with E-state index in [1.54, 1.807) is 25.1 Å². The van der Waals surface area contributed by atoms with Crippen LogP contribution >= 0.6 is 0 Å². The molecular formula is C17H20FN3O3. The second kappa shape index (κ2) is 7.11. The van der Waals surface area contributed by atoms with Gasteiger partial charge in [-0.05, 0) is 37.5 Å². The monoisotopic (exact) mass is 333 g/mol. The fourth-order valence-electron chi connectivity index (χ4n) is 2.92. The highest BCUT2D eigenvalue weighted by Crippen LogP contribution is 2.32. The number of carbonyl (C=O) groups excluding carboxylic acids is 1. The van der Waals surface area contributed by atoms with Crippen molar-refractivity contribution in [2.75, 3.05) is 25.1 Å². The predicted octanol–water partition coefficient (Wildman–Crippen LogP) is 2.36. The van der Waals surface area contributed by atoms with Crippen LogP contribution < -0.4 is 10.6 Å². The molecule has 1 aromatic heterocycles. The number of nitrogens with zero attached hydrogens (tertiary/aromatic N) is 1.